The van der Waals surface area contributed by atoms with Crippen molar-refractivity contribution in [1.29, 1.82) is 0 Å². The molecule has 188 valence electrons. The maximum Gasteiger partial charge on any atom is 0.508 e. The summed E-state index contributed by atoms with van der Waals surface area (Å²) in [6.45, 7) is 9.62. The van der Waals surface area contributed by atoms with Crippen LogP contribution in [0.2, 0.25) is 0 Å². The highest BCUT2D eigenvalue weighted by atomic mass is 16.7. The van der Waals surface area contributed by atoms with Crippen LogP contribution in [0.15, 0.2) is 0 Å². The van der Waals surface area contributed by atoms with Gasteiger partial charge in [-0.25, -0.2) is 9.59 Å². The molecule has 0 saturated heterocycles. The van der Waals surface area contributed by atoms with E-state index in [1.807, 2.05) is 0 Å². The summed E-state index contributed by atoms with van der Waals surface area (Å²) in [7, 11) is 0. The molecule has 1 saturated carbocycles. The van der Waals surface area contributed by atoms with Gasteiger partial charge in [-0.05, 0) is 50.4 Å². The van der Waals surface area contributed by atoms with Crippen LogP contribution in [0.1, 0.15) is 118 Å². The SMILES string of the molecule is CC(C)CCCCCCCCCOC(=O)OC1CCCC(OC(=O)OCCCC(C)C)C1. The maximum absolute atomic E-state index is 12.0. The summed E-state index contributed by atoms with van der Waals surface area (Å²) in [6.07, 6.45) is 12.7. The first-order chi connectivity index (χ1) is 15.4. The molecule has 2 atom stereocenters. The van der Waals surface area contributed by atoms with Crippen molar-refractivity contribution in [2.45, 2.75) is 130 Å². The van der Waals surface area contributed by atoms with E-state index in [2.05, 4.69) is 27.7 Å². The Morgan fingerprint density at radius 3 is 1.62 bits per heavy atom. The molecule has 1 fully saturated rings. The van der Waals surface area contributed by atoms with Crippen molar-refractivity contribution >= 4 is 12.3 Å². The van der Waals surface area contributed by atoms with Crippen LogP contribution in [0.25, 0.3) is 0 Å². The highest BCUT2D eigenvalue weighted by Crippen LogP contribution is 2.24. The van der Waals surface area contributed by atoms with Crippen LogP contribution in [0.3, 0.4) is 0 Å². The Hall–Kier alpha value is -1.46. The third-order valence-electron chi connectivity index (χ3n) is 5.90. The molecule has 32 heavy (non-hydrogen) atoms. The zero-order chi connectivity index (χ0) is 23.6. The lowest BCUT2D eigenvalue weighted by Crippen LogP contribution is -2.32. The fourth-order valence-corrected chi connectivity index (χ4v) is 4.00. The number of hydrogen-bond acceptors (Lipinski definition) is 6. The second-order valence-corrected chi connectivity index (χ2v) is 10.0. The van der Waals surface area contributed by atoms with Gasteiger partial charge < -0.3 is 18.9 Å². The van der Waals surface area contributed by atoms with Crippen LogP contribution in [-0.4, -0.2) is 37.7 Å². The van der Waals surface area contributed by atoms with E-state index in [1.165, 1.54) is 38.5 Å². The standard InChI is InChI=1S/C26H48O6/c1-21(2)14-10-8-6-5-7-9-11-18-29-25(27)31-23-16-12-17-24(20-23)32-26(28)30-19-13-15-22(3)4/h21-24H,5-20H2,1-4H3. The molecule has 0 bridgehead atoms. The molecule has 6 heteroatoms. The molecule has 0 aliphatic heterocycles. The first-order valence-electron chi connectivity index (χ1n) is 13.0. The summed E-state index contributed by atoms with van der Waals surface area (Å²) in [4.78, 5) is 23.8. The van der Waals surface area contributed by atoms with E-state index in [0.717, 1.165) is 50.9 Å². The molecular weight excluding hydrogens is 408 g/mol. The Morgan fingerprint density at radius 1 is 0.656 bits per heavy atom. The molecule has 0 aromatic carbocycles. The van der Waals surface area contributed by atoms with E-state index >= 15 is 0 Å². The monoisotopic (exact) mass is 456 g/mol. The Morgan fingerprint density at radius 2 is 1.09 bits per heavy atom. The summed E-state index contributed by atoms with van der Waals surface area (Å²) >= 11 is 0. The number of hydrogen-bond donors (Lipinski definition) is 0. The van der Waals surface area contributed by atoms with Gasteiger partial charge in [0.2, 0.25) is 0 Å². The minimum absolute atomic E-state index is 0.263. The minimum atomic E-state index is -0.623. The second-order valence-electron chi connectivity index (χ2n) is 10.0. The smallest absolute Gasteiger partial charge is 0.434 e. The van der Waals surface area contributed by atoms with Gasteiger partial charge in [0.25, 0.3) is 0 Å². The number of ether oxygens (including phenoxy) is 4. The van der Waals surface area contributed by atoms with E-state index in [-0.39, 0.29) is 12.2 Å². The number of carbonyl (C=O) groups is 2. The van der Waals surface area contributed by atoms with Crippen LogP contribution in [0, 0.1) is 11.8 Å². The Labute approximate surface area is 196 Å². The molecule has 0 N–H and O–H groups in total. The lowest BCUT2D eigenvalue weighted by molar-refractivity contribution is -0.0351. The fraction of sp³-hybridized carbons (Fsp3) is 0.923. The van der Waals surface area contributed by atoms with Crippen molar-refractivity contribution in [2.75, 3.05) is 13.2 Å². The molecule has 1 aliphatic rings. The molecular formula is C26H48O6. The molecule has 1 rings (SSSR count). The van der Waals surface area contributed by atoms with Crippen LogP contribution < -0.4 is 0 Å². The van der Waals surface area contributed by atoms with Crippen molar-refractivity contribution in [3.63, 3.8) is 0 Å². The van der Waals surface area contributed by atoms with Crippen LogP contribution in [0.4, 0.5) is 9.59 Å². The summed E-state index contributed by atoms with van der Waals surface area (Å²) < 4.78 is 21.2. The highest BCUT2D eigenvalue weighted by Gasteiger charge is 2.28. The van der Waals surface area contributed by atoms with Crippen LogP contribution in [0.5, 0.6) is 0 Å². The molecule has 0 spiro atoms. The largest absolute Gasteiger partial charge is 0.508 e. The summed E-state index contributed by atoms with van der Waals surface area (Å²) in [5.41, 5.74) is 0. The molecule has 0 heterocycles. The van der Waals surface area contributed by atoms with Gasteiger partial charge in [-0.3, -0.25) is 0 Å². The zero-order valence-electron chi connectivity index (χ0n) is 21.1. The van der Waals surface area contributed by atoms with Gasteiger partial charge in [0.05, 0.1) is 13.2 Å². The topological polar surface area (TPSA) is 71.1 Å². The van der Waals surface area contributed by atoms with Crippen LogP contribution in [-0.2, 0) is 18.9 Å². The normalized spacial score (nSPS) is 18.6. The van der Waals surface area contributed by atoms with Crippen LogP contribution >= 0.6 is 0 Å². The predicted octanol–water partition coefficient (Wildman–Crippen LogP) is 7.82. The summed E-state index contributed by atoms with van der Waals surface area (Å²) in [6, 6.07) is 0. The quantitative estimate of drug-likeness (QED) is 0.174. The van der Waals surface area contributed by atoms with Gasteiger partial charge in [-0.15, -0.1) is 0 Å². The third-order valence-corrected chi connectivity index (χ3v) is 5.90. The van der Waals surface area contributed by atoms with E-state index in [0.29, 0.717) is 25.6 Å². The van der Waals surface area contributed by atoms with E-state index in [9.17, 15) is 9.59 Å². The van der Waals surface area contributed by atoms with Gasteiger partial charge >= 0.3 is 12.3 Å². The van der Waals surface area contributed by atoms with E-state index < -0.39 is 12.3 Å². The maximum atomic E-state index is 12.0. The molecule has 0 radical (unpaired) electrons. The lowest BCUT2D eigenvalue weighted by atomic mass is 9.95. The molecule has 1 aliphatic carbocycles. The first kappa shape index (κ1) is 28.6. The Kier molecular flexibility index (Phi) is 16.1. The summed E-state index contributed by atoms with van der Waals surface area (Å²) in [5.74, 6) is 1.40. The average molecular weight is 457 g/mol. The van der Waals surface area contributed by atoms with E-state index in [1.54, 1.807) is 0 Å². The molecule has 0 aromatic heterocycles. The number of rotatable bonds is 16. The van der Waals surface area contributed by atoms with Gasteiger partial charge in [0.1, 0.15) is 12.2 Å². The third kappa shape index (κ3) is 16.2. The van der Waals surface area contributed by atoms with E-state index in [4.69, 9.17) is 18.9 Å². The average Bonchev–Trinajstić information content (AvgIpc) is 2.72. The number of carbonyl (C=O) groups excluding carboxylic acids is 2. The van der Waals surface area contributed by atoms with Crippen molar-refractivity contribution in [2.24, 2.45) is 11.8 Å². The lowest BCUT2D eigenvalue weighted by Gasteiger charge is -2.28. The predicted molar refractivity (Wildman–Crippen MR) is 127 cm³/mol. The van der Waals surface area contributed by atoms with Gasteiger partial charge in [0.15, 0.2) is 0 Å². The first-order valence-corrected chi connectivity index (χ1v) is 13.0. The van der Waals surface area contributed by atoms with Crippen molar-refractivity contribution in [3.05, 3.63) is 0 Å². The van der Waals surface area contributed by atoms with Crippen molar-refractivity contribution in [3.8, 4) is 0 Å². The van der Waals surface area contributed by atoms with Gasteiger partial charge in [0, 0.05) is 6.42 Å². The molecule has 0 amide bonds. The van der Waals surface area contributed by atoms with Gasteiger partial charge in [-0.1, -0.05) is 72.6 Å². The Bertz CT molecular complexity index is 491. The molecule has 0 aromatic rings. The second kappa shape index (κ2) is 18.0. The number of unbranched alkanes of at least 4 members (excludes halogenated alkanes) is 6. The zero-order valence-corrected chi connectivity index (χ0v) is 21.1. The minimum Gasteiger partial charge on any atom is -0.434 e. The van der Waals surface area contributed by atoms with Crippen molar-refractivity contribution < 1.29 is 28.5 Å². The van der Waals surface area contributed by atoms with Gasteiger partial charge in [-0.2, -0.15) is 0 Å². The molecule has 6 nitrogen and oxygen atoms in total. The van der Waals surface area contributed by atoms with Crippen molar-refractivity contribution in [1.82, 2.24) is 0 Å². The fourth-order valence-electron chi connectivity index (χ4n) is 4.00. The summed E-state index contributed by atoms with van der Waals surface area (Å²) in [5, 5.41) is 0. The highest BCUT2D eigenvalue weighted by molar-refractivity contribution is 5.60. The molecule has 2 unspecified atom stereocenters. The Balaban J connectivity index is 2.03.